The molecule has 0 bridgehead atoms. The van der Waals surface area contributed by atoms with Crippen molar-refractivity contribution in [1.82, 2.24) is 5.32 Å². The molecule has 0 aromatic heterocycles. The maximum atomic E-state index is 12.3. The lowest BCUT2D eigenvalue weighted by Gasteiger charge is -2.20. The summed E-state index contributed by atoms with van der Waals surface area (Å²) in [6.07, 6.45) is 0. The van der Waals surface area contributed by atoms with E-state index >= 15 is 0 Å². The van der Waals surface area contributed by atoms with Crippen LogP contribution >= 0.6 is 0 Å². The molecule has 0 atom stereocenters. The molecule has 2 aromatic rings. The fourth-order valence-electron chi connectivity index (χ4n) is 2.19. The van der Waals surface area contributed by atoms with Crippen molar-refractivity contribution in [2.75, 3.05) is 6.61 Å². The summed E-state index contributed by atoms with van der Waals surface area (Å²) in [6.45, 7) is 5.52. The maximum absolute atomic E-state index is 12.3. The molecule has 1 amide bonds. The van der Waals surface area contributed by atoms with Gasteiger partial charge < -0.3 is 14.8 Å². The van der Waals surface area contributed by atoms with E-state index in [1.807, 2.05) is 57.2 Å². The molecule has 0 fully saturated rings. The fourth-order valence-corrected chi connectivity index (χ4v) is 2.19. The van der Waals surface area contributed by atoms with Gasteiger partial charge in [-0.2, -0.15) is 0 Å². The summed E-state index contributed by atoms with van der Waals surface area (Å²) in [5, 5.41) is 2.75. The standard InChI is InChI=1S/C20H23NO4/c1-20(2,3)21-18(22)14-25-19(23)17-12-8-7-9-15(17)13-24-16-10-5-4-6-11-16/h4-12H,13-14H2,1-3H3,(H,21,22). The SMILES string of the molecule is CC(C)(C)NC(=O)COC(=O)c1ccccc1COc1ccccc1. The summed E-state index contributed by atoms with van der Waals surface area (Å²) in [5.74, 6) is -0.162. The second-order valence-corrected chi connectivity index (χ2v) is 6.63. The number of esters is 1. The molecule has 0 radical (unpaired) electrons. The van der Waals surface area contributed by atoms with E-state index in [0.717, 1.165) is 5.75 Å². The van der Waals surface area contributed by atoms with Crippen LogP contribution in [0.3, 0.4) is 0 Å². The Labute approximate surface area is 148 Å². The molecule has 0 aliphatic heterocycles. The number of rotatable bonds is 6. The van der Waals surface area contributed by atoms with E-state index in [-0.39, 0.29) is 24.7 Å². The molecule has 2 aromatic carbocycles. The third-order valence-electron chi connectivity index (χ3n) is 3.22. The average molecular weight is 341 g/mol. The third-order valence-corrected chi connectivity index (χ3v) is 3.22. The first kappa shape index (κ1) is 18.5. The zero-order valence-corrected chi connectivity index (χ0v) is 14.7. The second kappa shape index (κ2) is 8.33. The lowest BCUT2D eigenvalue weighted by Crippen LogP contribution is -2.42. The van der Waals surface area contributed by atoms with Crippen molar-refractivity contribution in [2.45, 2.75) is 32.9 Å². The zero-order valence-electron chi connectivity index (χ0n) is 14.7. The number of benzene rings is 2. The van der Waals surface area contributed by atoms with Gasteiger partial charge in [-0.15, -0.1) is 0 Å². The molecule has 5 nitrogen and oxygen atoms in total. The summed E-state index contributed by atoms with van der Waals surface area (Å²) in [7, 11) is 0. The predicted octanol–water partition coefficient (Wildman–Crippen LogP) is 3.34. The first-order chi connectivity index (χ1) is 11.8. The van der Waals surface area contributed by atoms with E-state index in [0.29, 0.717) is 11.1 Å². The van der Waals surface area contributed by atoms with Crippen molar-refractivity contribution in [3.05, 3.63) is 65.7 Å². The number of hydrogen-bond acceptors (Lipinski definition) is 4. The minimum atomic E-state index is -0.545. The average Bonchev–Trinajstić information content (AvgIpc) is 2.57. The van der Waals surface area contributed by atoms with Crippen LogP contribution in [0.2, 0.25) is 0 Å². The highest BCUT2D eigenvalue weighted by molar-refractivity contribution is 5.92. The number of para-hydroxylation sites is 1. The molecule has 0 spiro atoms. The highest BCUT2D eigenvalue weighted by atomic mass is 16.5. The van der Waals surface area contributed by atoms with Gasteiger partial charge in [0.2, 0.25) is 0 Å². The van der Waals surface area contributed by atoms with Crippen LogP contribution in [-0.4, -0.2) is 24.0 Å². The van der Waals surface area contributed by atoms with Gasteiger partial charge in [0.25, 0.3) is 5.91 Å². The van der Waals surface area contributed by atoms with Gasteiger partial charge in [-0.3, -0.25) is 4.79 Å². The Morgan fingerprint density at radius 1 is 0.960 bits per heavy atom. The van der Waals surface area contributed by atoms with Crippen molar-refractivity contribution in [2.24, 2.45) is 0 Å². The Morgan fingerprint density at radius 3 is 2.28 bits per heavy atom. The number of carbonyl (C=O) groups excluding carboxylic acids is 2. The summed E-state index contributed by atoms with van der Waals surface area (Å²) < 4.78 is 10.8. The smallest absolute Gasteiger partial charge is 0.339 e. The minimum Gasteiger partial charge on any atom is -0.489 e. The fraction of sp³-hybridized carbons (Fsp3) is 0.300. The minimum absolute atomic E-state index is 0.240. The van der Waals surface area contributed by atoms with Crippen LogP contribution < -0.4 is 10.1 Å². The van der Waals surface area contributed by atoms with Crippen LogP contribution in [0.25, 0.3) is 0 Å². The van der Waals surface area contributed by atoms with Crippen molar-refractivity contribution < 1.29 is 19.1 Å². The van der Waals surface area contributed by atoms with Crippen LogP contribution in [0.4, 0.5) is 0 Å². The molecule has 0 aliphatic rings. The summed E-state index contributed by atoms with van der Waals surface area (Å²) in [6, 6.07) is 16.4. The Bertz CT molecular complexity index is 720. The molecule has 0 unspecified atom stereocenters. The van der Waals surface area contributed by atoms with Gasteiger partial charge in [0.1, 0.15) is 12.4 Å². The topological polar surface area (TPSA) is 64.6 Å². The van der Waals surface area contributed by atoms with Gasteiger partial charge >= 0.3 is 5.97 Å². The molecule has 0 aliphatic carbocycles. The van der Waals surface area contributed by atoms with E-state index < -0.39 is 5.97 Å². The lowest BCUT2D eigenvalue weighted by molar-refractivity contribution is -0.125. The molecule has 2 rings (SSSR count). The number of hydrogen-bond donors (Lipinski definition) is 1. The van der Waals surface area contributed by atoms with Crippen molar-refractivity contribution in [3.63, 3.8) is 0 Å². The largest absolute Gasteiger partial charge is 0.489 e. The Balaban J connectivity index is 1.97. The van der Waals surface area contributed by atoms with Gasteiger partial charge in [0.15, 0.2) is 6.61 Å². The quantitative estimate of drug-likeness (QED) is 0.819. The van der Waals surface area contributed by atoms with Crippen molar-refractivity contribution in [1.29, 1.82) is 0 Å². The molecule has 5 heteroatoms. The van der Waals surface area contributed by atoms with E-state index in [4.69, 9.17) is 9.47 Å². The monoisotopic (exact) mass is 341 g/mol. The summed E-state index contributed by atoms with van der Waals surface area (Å²) in [5.41, 5.74) is 0.722. The molecular weight excluding hydrogens is 318 g/mol. The Hall–Kier alpha value is -2.82. The van der Waals surface area contributed by atoms with Gasteiger partial charge in [0, 0.05) is 11.1 Å². The molecule has 132 valence electrons. The summed E-state index contributed by atoms with van der Waals surface area (Å²) in [4.78, 5) is 24.1. The van der Waals surface area contributed by atoms with Crippen LogP contribution in [0.1, 0.15) is 36.7 Å². The molecule has 1 N–H and O–H groups in total. The first-order valence-corrected chi connectivity index (χ1v) is 8.09. The van der Waals surface area contributed by atoms with Crippen LogP contribution in [0, 0.1) is 0 Å². The van der Waals surface area contributed by atoms with Crippen LogP contribution in [0.15, 0.2) is 54.6 Å². The van der Waals surface area contributed by atoms with E-state index in [1.165, 1.54) is 0 Å². The number of amides is 1. The zero-order chi connectivity index (χ0) is 18.3. The number of carbonyl (C=O) groups is 2. The highest BCUT2D eigenvalue weighted by Crippen LogP contribution is 2.15. The van der Waals surface area contributed by atoms with Crippen molar-refractivity contribution >= 4 is 11.9 Å². The normalized spacial score (nSPS) is 10.8. The second-order valence-electron chi connectivity index (χ2n) is 6.63. The molecule has 0 saturated heterocycles. The first-order valence-electron chi connectivity index (χ1n) is 8.09. The Morgan fingerprint density at radius 2 is 1.60 bits per heavy atom. The van der Waals surface area contributed by atoms with E-state index in [2.05, 4.69) is 5.32 Å². The van der Waals surface area contributed by atoms with Crippen LogP contribution in [-0.2, 0) is 16.1 Å². The Kier molecular flexibility index (Phi) is 6.17. The predicted molar refractivity (Wildman–Crippen MR) is 95.4 cm³/mol. The van der Waals surface area contributed by atoms with Crippen LogP contribution in [0.5, 0.6) is 5.75 Å². The van der Waals surface area contributed by atoms with Gasteiger partial charge in [-0.1, -0.05) is 36.4 Å². The number of nitrogens with one attached hydrogen (secondary N) is 1. The molecule has 25 heavy (non-hydrogen) atoms. The summed E-state index contributed by atoms with van der Waals surface area (Å²) >= 11 is 0. The third kappa shape index (κ3) is 6.30. The highest BCUT2D eigenvalue weighted by Gasteiger charge is 2.17. The molecule has 0 heterocycles. The number of ether oxygens (including phenoxy) is 2. The van der Waals surface area contributed by atoms with E-state index in [9.17, 15) is 9.59 Å². The molecular formula is C20H23NO4. The van der Waals surface area contributed by atoms with Crippen molar-refractivity contribution in [3.8, 4) is 5.75 Å². The maximum Gasteiger partial charge on any atom is 0.339 e. The lowest BCUT2D eigenvalue weighted by atomic mass is 10.1. The van der Waals surface area contributed by atoms with Gasteiger partial charge in [-0.25, -0.2) is 4.79 Å². The van der Waals surface area contributed by atoms with Gasteiger partial charge in [0.05, 0.1) is 5.56 Å². The molecule has 0 saturated carbocycles. The van der Waals surface area contributed by atoms with E-state index in [1.54, 1.807) is 18.2 Å². The van der Waals surface area contributed by atoms with Gasteiger partial charge in [-0.05, 0) is 39.0 Å².